The molecule has 0 aliphatic heterocycles. The molecule has 14 heavy (non-hydrogen) atoms. The number of thioether (sulfide) groups is 1. The van der Waals surface area contributed by atoms with Gasteiger partial charge in [0.05, 0.1) is 4.92 Å². The predicted molar refractivity (Wildman–Crippen MR) is 52.2 cm³/mol. The fraction of sp³-hybridized carbons (Fsp3) is 0. The molecule has 0 unspecified atom stereocenters. The smallest absolute Gasteiger partial charge is 0.258 e. The number of rotatable bonds is 2. The molecule has 4 nitrogen and oxygen atoms in total. The minimum atomic E-state index is -0.780. The molecular weight excluding hydrogens is 275 g/mol. The Morgan fingerprint density at radius 2 is 2.29 bits per heavy atom. The molecule has 1 rings (SSSR count). The fourth-order valence-electron chi connectivity index (χ4n) is 0.829. The van der Waals surface area contributed by atoms with Gasteiger partial charge in [0.1, 0.15) is 16.1 Å². The Kier molecular flexibility index (Phi) is 3.43. The summed E-state index contributed by atoms with van der Waals surface area (Å²) in [7, 11) is 0. The van der Waals surface area contributed by atoms with E-state index >= 15 is 0 Å². The summed E-state index contributed by atoms with van der Waals surface area (Å²) in [5, 5.41) is 20.4. The minimum absolute atomic E-state index is 0.263. The van der Waals surface area contributed by atoms with Crippen molar-refractivity contribution in [1.29, 1.82) is 5.26 Å². The maximum Gasteiger partial charge on any atom is 0.288 e. The van der Waals surface area contributed by atoms with Crippen LogP contribution in [0.1, 0.15) is 0 Å². The van der Waals surface area contributed by atoms with Crippen LogP contribution in [0.2, 0.25) is 0 Å². The van der Waals surface area contributed by atoms with Crippen molar-refractivity contribution in [1.82, 2.24) is 0 Å². The highest BCUT2D eigenvalue weighted by Crippen LogP contribution is 2.33. The molecule has 0 aromatic heterocycles. The van der Waals surface area contributed by atoms with Crippen molar-refractivity contribution >= 4 is 33.4 Å². The van der Waals surface area contributed by atoms with Crippen LogP contribution < -0.4 is 0 Å². The molecule has 0 bridgehead atoms. The van der Waals surface area contributed by atoms with E-state index in [4.69, 9.17) is 5.26 Å². The Hall–Kier alpha value is -1.13. The monoisotopic (exact) mass is 276 g/mol. The summed E-state index contributed by atoms with van der Waals surface area (Å²) < 4.78 is 13.4. The lowest BCUT2D eigenvalue weighted by atomic mass is 10.3. The number of thiocyanates is 1. The lowest BCUT2D eigenvalue weighted by Crippen LogP contribution is -1.93. The molecule has 0 aliphatic rings. The van der Waals surface area contributed by atoms with Crippen LogP contribution in [0.15, 0.2) is 21.5 Å². The van der Waals surface area contributed by atoms with Crippen LogP contribution in [-0.2, 0) is 0 Å². The second-order valence-corrected chi connectivity index (χ2v) is 3.90. The predicted octanol–water partition coefficient (Wildman–Crippen LogP) is 3.07. The van der Waals surface area contributed by atoms with Crippen molar-refractivity contribution in [2.45, 2.75) is 4.90 Å². The van der Waals surface area contributed by atoms with Gasteiger partial charge < -0.3 is 0 Å². The topological polar surface area (TPSA) is 66.9 Å². The van der Waals surface area contributed by atoms with E-state index in [1.165, 1.54) is 0 Å². The van der Waals surface area contributed by atoms with Crippen LogP contribution in [0.5, 0.6) is 0 Å². The van der Waals surface area contributed by atoms with Gasteiger partial charge in [0.25, 0.3) is 5.69 Å². The SMILES string of the molecule is N#CSc1c(F)cc(Br)cc1[N+](=O)[O-]. The standard InChI is InChI=1S/C7H2BrFN2O2S/c8-4-1-5(9)7(14-3-10)6(2-4)11(12)13/h1-2H. The zero-order valence-corrected chi connectivity index (χ0v) is 8.93. The maximum absolute atomic E-state index is 13.2. The van der Waals surface area contributed by atoms with E-state index in [-0.39, 0.29) is 9.37 Å². The van der Waals surface area contributed by atoms with Gasteiger partial charge in [-0.3, -0.25) is 10.1 Å². The van der Waals surface area contributed by atoms with Crippen LogP contribution in [0.25, 0.3) is 0 Å². The average Bonchev–Trinajstić information content (AvgIpc) is 2.09. The number of benzene rings is 1. The summed E-state index contributed by atoms with van der Waals surface area (Å²) in [5.74, 6) is -0.780. The second-order valence-electron chi connectivity index (χ2n) is 2.19. The zero-order valence-electron chi connectivity index (χ0n) is 6.53. The molecule has 1 aromatic carbocycles. The Morgan fingerprint density at radius 1 is 1.64 bits per heavy atom. The summed E-state index contributed by atoms with van der Waals surface area (Å²) in [6.07, 6.45) is 0. The van der Waals surface area contributed by atoms with E-state index in [9.17, 15) is 14.5 Å². The van der Waals surface area contributed by atoms with Crippen molar-refractivity contribution in [2.75, 3.05) is 0 Å². The molecule has 0 spiro atoms. The van der Waals surface area contributed by atoms with Crippen LogP contribution in [0.4, 0.5) is 10.1 Å². The number of nitro benzene ring substituents is 1. The number of nitriles is 1. The minimum Gasteiger partial charge on any atom is -0.258 e. The van der Waals surface area contributed by atoms with E-state index < -0.39 is 16.4 Å². The summed E-state index contributed by atoms with van der Waals surface area (Å²) in [4.78, 5) is 9.50. The van der Waals surface area contributed by atoms with Crippen molar-refractivity contribution < 1.29 is 9.31 Å². The van der Waals surface area contributed by atoms with Crippen molar-refractivity contribution in [3.8, 4) is 5.40 Å². The van der Waals surface area contributed by atoms with Crippen LogP contribution >= 0.6 is 27.7 Å². The first kappa shape index (κ1) is 10.9. The van der Waals surface area contributed by atoms with Gasteiger partial charge in [0, 0.05) is 22.3 Å². The lowest BCUT2D eigenvalue weighted by molar-refractivity contribution is -0.388. The molecule has 1 aromatic rings. The Balaban J connectivity index is 3.38. The summed E-state index contributed by atoms with van der Waals surface area (Å²) in [6.45, 7) is 0. The normalized spacial score (nSPS) is 9.50. The van der Waals surface area contributed by atoms with Crippen molar-refractivity contribution in [2.24, 2.45) is 0 Å². The Morgan fingerprint density at radius 3 is 2.79 bits per heavy atom. The molecule has 0 amide bonds. The van der Waals surface area contributed by atoms with Gasteiger partial charge in [0.2, 0.25) is 0 Å². The average molecular weight is 277 g/mol. The van der Waals surface area contributed by atoms with Gasteiger partial charge in [-0.15, -0.1) is 0 Å². The van der Waals surface area contributed by atoms with Gasteiger partial charge in [0.15, 0.2) is 0 Å². The van der Waals surface area contributed by atoms with E-state index in [0.717, 1.165) is 12.1 Å². The number of hydrogen-bond donors (Lipinski definition) is 0. The van der Waals surface area contributed by atoms with E-state index in [1.54, 1.807) is 5.40 Å². The first-order valence-electron chi connectivity index (χ1n) is 3.25. The van der Waals surface area contributed by atoms with Gasteiger partial charge >= 0.3 is 0 Å². The fourth-order valence-corrected chi connectivity index (χ4v) is 1.73. The van der Waals surface area contributed by atoms with E-state index in [1.807, 2.05) is 0 Å². The van der Waals surface area contributed by atoms with Crippen LogP contribution in [-0.4, -0.2) is 4.92 Å². The van der Waals surface area contributed by atoms with Gasteiger partial charge in [-0.25, -0.2) is 4.39 Å². The number of nitro groups is 1. The lowest BCUT2D eigenvalue weighted by Gasteiger charge is -1.99. The molecule has 0 radical (unpaired) electrons. The van der Waals surface area contributed by atoms with Crippen molar-refractivity contribution in [3.05, 3.63) is 32.5 Å². The third kappa shape index (κ3) is 2.21. The number of nitrogens with zero attached hydrogens (tertiary/aromatic N) is 2. The van der Waals surface area contributed by atoms with Gasteiger partial charge in [-0.2, -0.15) is 5.26 Å². The largest absolute Gasteiger partial charge is 0.288 e. The summed E-state index contributed by atoms with van der Waals surface area (Å²) in [5.41, 5.74) is -0.413. The summed E-state index contributed by atoms with van der Waals surface area (Å²) in [6, 6.07) is 2.23. The van der Waals surface area contributed by atoms with E-state index in [0.29, 0.717) is 11.8 Å². The zero-order chi connectivity index (χ0) is 10.7. The third-order valence-electron chi connectivity index (χ3n) is 1.33. The quantitative estimate of drug-likeness (QED) is 0.360. The first-order chi connectivity index (χ1) is 6.56. The molecule has 0 N–H and O–H groups in total. The van der Waals surface area contributed by atoms with E-state index in [2.05, 4.69) is 15.9 Å². The Labute approximate surface area is 91.0 Å². The van der Waals surface area contributed by atoms with Gasteiger partial charge in [-0.1, -0.05) is 15.9 Å². The van der Waals surface area contributed by atoms with Gasteiger partial charge in [-0.05, 0) is 6.07 Å². The first-order valence-corrected chi connectivity index (χ1v) is 4.86. The number of halogens is 2. The molecule has 7 heteroatoms. The maximum atomic E-state index is 13.2. The number of hydrogen-bond acceptors (Lipinski definition) is 4. The molecular formula is C7H2BrFN2O2S. The third-order valence-corrected chi connectivity index (χ3v) is 2.49. The molecule has 72 valence electrons. The highest BCUT2D eigenvalue weighted by atomic mass is 79.9. The van der Waals surface area contributed by atoms with Crippen LogP contribution in [0.3, 0.4) is 0 Å². The summed E-state index contributed by atoms with van der Waals surface area (Å²) >= 11 is 3.36. The highest BCUT2D eigenvalue weighted by molar-refractivity contribution is 9.10. The Bertz CT molecular complexity index is 432. The molecule has 0 saturated carbocycles. The molecule has 0 saturated heterocycles. The van der Waals surface area contributed by atoms with Crippen molar-refractivity contribution in [3.63, 3.8) is 0 Å². The highest BCUT2D eigenvalue weighted by Gasteiger charge is 2.19. The second kappa shape index (κ2) is 4.39. The molecule has 0 atom stereocenters. The molecule has 0 aliphatic carbocycles. The molecule has 0 fully saturated rings. The molecule has 0 heterocycles. The van der Waals surface area contributed by atoms with Crippen LogP contribution in [0, 0.1) is 26.6 Å².